The highest BCUT2D eigenvalue weighted by Crippen LogP contribution is 2.58. The molecule has 3 atom stereocenters. The summed E-state index contributed by atoms with van der Waals surface area (Å²) >= 11 is 0. The maximum absolute atomic E-state index is 12.3. The summed E-state index contributed by atoms with van der Waals surface area (Å²) in [6.45, 7) is 4.77. The van der Waals surface area contributed by atoms with Gasteiger partial charge in [-0.2, -0.15) is 0 Å². The fraction of sp³-hybridized carbons (Fsp3) is 0.680. The van der Waals surface area contributed by atoms with Crippen molar-refractivity contribution >= 4 is 11.7 Å². The minimum Gasteiger partial charge on any atom is -0.507 e. The van der Waals surface area contributed by atoms with E-state index in [9.17, 15) is 19.8 Å². The maximum atomic E-state index is 12.3. The van der Waals surface area contributed by atoms with Gasteiger partial charge in [-0.1, -0.05) is 32.3 Å². The lowest BCUT2D eigenvalue weighted by Crippen LogP contribution is -2.61. The molecule has 0 aromatic heterocycles. The molecule has 172 valence electrons. The lowest BCUT2D eigenvalue weighted by molar-refractivity contribution is -0.153. The molecular formula is C25H38N2O4. The molecule has 3 fully saturated rings. The summed E-state index contributed by atoms with van der Waals surface area (Å²) in [7, 11) is 0. The number of primary amides is 1. The second kappa shape index (κ2) is 9.29. The third-order valence-electron chi connectivity index (χ3n) is 8.11. The normalized spacial score (nSPS) is 31.0. The number of aromatic hydroxyl groups is 1. The van der Waals surface area contributed by atoms with E-state index in [1.807, 2.05) is 13.8 Å². The van der Waals surface area contributed by atoms with Crippen LogP contribution in [0.3, 0.4) is 0 Å². The van der Waals surface area contributed by atoms with Gasteiger partial charge in [-0.15, -0.1) is 0 Å². The van der Waals surface area contributed by atoms with Crippen LogP contribution in [0.25, 0.3) is 0 Å². The van der Waals surface area contributed by atoms with Crippen molar-refractivity contribution in [2.24, 2.45) is 23.3 Å². The second-order valence-electron chi connectivity index (χ2n) is 9.92. The lowest BCUT2D eigenvalue weighted by Gasteiger charge is -2.57. The molecule has 1 aromatic rings. The summed E-state index contributed by atoms with van der Waals surface area (Å²) in [5.41, 5.74) is 10.3. The molecular weight excluding hydrogens is 392 g/mol. The fourth-order valence-corrected chi connectivity index (χ4v) is 6.29. The van der Waals surface area contributed by atoms with Crippen molar-refractivity contribution in [2.45, 2.75) is 89.1 Å². The Bertz CT molecular complexity index is 833. The SMILES string of the molecule is Cc1ccc(C(N)=O)c(O)c1[C@]12CCC[C@H](C)[C@]1(O)CCC(=O)C2.NCC1CCCC1. The molecule has 0 spiro atoms. The Morgan fingerprint density at radius 3 is 2.42 bits per heavy atom. The van der Waals surface area contributed by atoms with Crippen LogP contribution >= 0.6 is 0 Å². The van der Waals surface area contributed by atoms with E-state index in [1.165, 1.54) is 31.7 Å². The number of Topliss-reactive ketones (excluding diaryl/α,β-unsaturated/α-hetero) is 1. The molecule has 6 N–H and O–H groups in total. The molecule has 31 heavy (non-hydrogen) atoms. The number of nitrogens with two attached hydrogens (primary N) is 2. The van der Waals surface area contributed by atoms with Crippen molar-refractivity contribution in [1.29, 1.82) is 0 Å². The van der Waals surface area contributed by atoms with Crippen LogP contribution in [0.2, 0.25) is 0 Å². The minimum atomic E-state index is -1.06. The third kappa shape index (κ3) is 4.24. The number of fused-ring (bicyclic) bond motifs is 1. The van der Waals surface area contributed by atoms with Gasteiger partial charge in [0.05, 0.1) is 11.2 Å². The van der Waals surface area contributed by atoms with Crippen LogP contribution in [0.15, 0.2) is 12.1 Å². The number of hydrogen-bond donors (Lipinski definition) is 4. The maximum Gasteiger partial charge on any atom is 0.252 e. The number of carbonyl (C=O) groups is 2. The van der Waals surface area contributed by atoms with Gasteiger partial charge in [-0.25, -0.2) is 0 Å². The van der Waals surface area contributed by atoms with E-state index < -0.39 is 16.9 Å². The number of benzene rings is 1. The monoisotopic (exact) mass is 430 g/mol. The molecule has 0 unspecified atom stereocenters. The Hall–Kier alpha value is -1.92. The molecule has 3 saturated carbocycles. The van der Waals surface area contributed by atoms with Gasteiger partial charge in [-0.3, -0.25) is 9.59 Å². The average Bonchev–Trinajstić information content (AvgIpc) is 3.24. The Morgan fingerprint density at radius 1 is 1.16 bits per heavy atom. The Labute approximate surface area is 185 Å². The number of phenols is 1. The first-order valence-electron chi connectivity index (χ1n) is 11.7. The van der Waals surface area contributed by atoms with Crippen LogP contribution in [0, 0.1) is 18.8 Å². The lowest BCUT2D eigenvalue weighted by atomic mass is 9.50. The first-order valence-corrected chi connectivity index (χ1v) is 11.7. The Kier molecular flexibility index (Phi) is 7.11. The van der Waals surface area contributed by atoms with Crippen LogP contribution in [-0.4, -0.2) is 34.0 Å². The smallest absolute Gasteiger partial charge is 0.252 e. The van der Waals surface area contributed by atoms with E-state index in [0.29, 0.717) is 24.8 Å². The summed E-state index contributed by atoms with van der Waals surface area (Å²) in [6, 6.07) is 3.24. The van der Waals surface area contributed by atoms with Crippen LogP contribution < -0.4 is 11.5 Å². The molecule has 6 heteroatoms. The minimum absolute atomic E-state index is 0.0235. The van der Waals surface area contributed by atoms with Gasteiger partial charge in [0.25, 0.3) is 5.91 Å². The number of ketones is 1. The zero-order valence-electron chi connectivity index (χ0n) is 19.0. The molecule has 3 aliphatic rings. The number of amides is 1. The summed E-state index contributed by atoms with van der Waals surface area (Å²) in [5, 5.41) is 22.4. The van der Waals surface area contributed by atoms with Crippen LogP contribution in [0.5, 0.6) is 5.75 Å². The van der Waals surface area contributed by atoms with E-state index in [0.717, 1.165) is 30.9 Å². The van der Waals surface area contributed by atoms with E-state index in [2.05, 4.69) is 0 Å². The van der Waals surface area contributed by atoms with Crippen molar-refractivity contribution in [3.63, 3.8) is 0 Å². The zero-order chi connectivity index (χ0) is 22.8. The van der Waals surface area contributed by atoms with Gasteiger partial charge < -0.3 is 21.7 Å². The van der Waals surface area contributed by atoms with Crippen molar-refractivity contribution in [3.8, 4) is 5.75 Å². The summed E-state index contributed by atoms with van der Waals surface area (Å²) in [6.07, 6.45) is 8.94. The topological polar surface area (TPSA) is 127 Å². The van der Waals surface area contributed by atoms with E-state index in [-0.39, 0.29) is 29.4 Å². The van der Waals surface area contributed by atoms with Gasteiger partial charge in [-0.05, 0) is 69.0 Å². The Balaban J connectivity index is 0.000000330. The highest BCUT2D eigenvalue weighted by molar-refractivity contribution is 5.96. The molecule has 6 nitrogen and oxygen atoms in total. The van der Waals surface area contributed by atoms with E-state index in [1.54, 1.807) is 6.07 Å². The molecule has 3 aliphatic carbocycles. The van der Waals surface area contributed by atoms with Crippen LogP contribution in [-0.2, 0) is 10.2 Å². The molecule has 1 amide bonds. The van der Waals surface area contributed by atoms with Crippen molar-refractivity contribution < 1.29 is 19.8 Å². The quantitative estimate of drug-likeness (QED) is 0.584. The molecule has 1 aromatic carbocycles. The summed E-state index contributed by atoms with van der Waals surface area (Å²) in [5.74, 6) is 0.108. The van der Waals surface area contributed by atoms with Gasteiger partial charge in [0, 0.05) is 23.8 Å². The predicted molar refractivity (Wildman–Crippen MR) is 121 cm³/mol. The molecule has 0 aliphatic heterocycles. The predicted octanol–water partition coefficient (Wildman–Crippen LogP) is 3.48. The molecule has 0 radical (unpaired) electrons. The largest absolute Gasteiger partial charge is 0.507 e. The standard InChI is InChI=1S/C19H25NO4.C6H13N/c1-11-5-6-14(17(20)23)16(22)15(11)18-8-3-4-12(2)19(18,24)9-7-13(21)10-18;7-5-6-3-1-2-4-6/h5-6,12,22,24H,3-4,7-10H2,1-2H3,(H2,20,23);6H,1-5,7H2/t12-,18+,19+;/m0./s1. The highest BCUT2D eigenvalue weighted by Gasteiger charge is 2.60. The summed E-state index contributed by atoms with van der Waals surface area (Å²) in [4.78, 5) is 24.0. The number of rotatable bonds is 3. The number of hydrogen-bond acceptors (Lipinski definition) is 5. The van der Waals surface area contributed by atoms with E-state index in [4.69, 9.17) is 11.5 Å². The van der Waals surface area contributed by atoms with Gasteiger partial charge >= 0.3 is 0 Å². The third-order valence-corrected chi connectivity index (χ3v) is 8.11. The first-order chi connectivity index (χ1) is 14.7. The van der Waals surface area contributed by atoms with Crippen LogP contribution in [0.1, 0.15) is 92.6 Å². The number of aryl methyl sites for hydroxylation is 1. The Morgan fingerprint density at radius 2 is 1.84 bits per heavy atom. The molecule has 0 heterocycles. The van der Waals surface area contributed by atoms with E-state index >= 15 is 0 Å². The van der Waals surface area contributed by atoms with Crippen molar-refractivity contribution in [2.75, 3.05) is 6.54 Å². The zero-order valence-corrected chi connectivity index (χ0v) is 19.0. The van der Waals surface area contributed by atoms with Gasteiger partial charge in [0.15, 0.2) is 0 Å². The molecule has 0 bridgehead atoms. The number of carbonyl (C=O) groups excluding carboxylic acids is 2. The fourth-order valence-electron chi connectivity index (χ4n) is 6.29. The number of aliphatic hydroxyl groups is 1. The first kappa shape index (κ1) is 23.7. The molecule has 0 saturated heterocycles. The second-order valence-corrected chi connectivity index (χ2v) is 9.92. The van der Waals surface area contributed by atoms with Crippen molar-refractivity contribution in [3.05, 3.63) is 28.8 Å². The molecule has 4 rings (SSSR count). The summed E-state index contributed by atoms with van der Waals surface area (Å²) < 4.78 is 0. The average molecular weight is 431 g/mol. The van der Waals surface area contributed by atoms with Crippen LogP contribution in [0.4, 0.5) is 0 Å². The van der Waals surface area contributed by atoms with Gasteiger partial charge in [0.2, 0.25) is 0 Å². The van der Waals surface area contributed by atoms with Crippen molar-refractivity contribution in [1.82, 2.24) is 0 Å². The van der Waals surface area contributed by atoms with Gasteiger partial charge in [0.1, 0.15) is 11.5 Å². The highest BCUT2D eigenvalue weighted by atomic mass is 16.3.